The topological polar surface area (TPSA) is 72.5 Å². The SMILES string of the molecule is NC(=NCc1ccnc(OC(F)F)c1)NC1CCCCCC1. The van der Waals surface area contributed by atoms with Crippen molar-refractivity contribution in [3.05, 3.63) is 23.9 Å². The van der Waals surface area contributed by atoms with E-state index in [1.165, 1.54) is 37.9 Å². The van der Waals surface area contributed by atoms with Crippen LogP contribution in [0.2, 0.25) is 0 Å². The van der Waals surface area contributed by atoms with E-state index in [4.69, 9.17) is 5.73 Å². The average molecular weight is 312 g/mol. The minimum atomic E-state index is -2.88. The van der Waals surface area contributed by atoms with Gasteiger partial charge in [0.25, 0.3) is 0 Å². The van der Waals surface area contributed by atoms with Crippen molar-refractivity contribution >= 4 is 5.96 Å². The Morgan fingerprint density at radius 3 is 2.77 bits per heavy atom. The largest absolute Gasteiger partial charge is 0.417 e. The summed E-state index contributed by atoms with van der Waals surface area (Å²) in [5.74, 6) is 0.276. The molecule has 2 rings (SSSR count). The third-order valence-electron chi connectivity index (χ3n) is 3.65. The Balaban J connectivity index is 1.87. The Labute approximate surface area is 129 Å². The molecule has 1 aromatic rings. The van der Waals surface area contributed by atoms with Gasteiger partial charge in [-0.2, -0.15) is 8.78 Å². The van der Waals surface area contributed by atoms with Gasteiger partial charge in [0.15, 0.2) is 5.96 Å². The van der Waals surface area contributed by atoms with Gasteiger partial charge in [-0.05, 0) is 24.5 Å². The van der Waals surface area contributed by atoms with Crippen LogP contribution in [-0.2, 0) is 6.54 Å². The number of halogens is 2. The summed E-state index contributed by atoms with van der Waals surface area (Å²) in [6.45, 7) is -2.58. The molecule has 1 aromatic heterocycles. The molecular weight excluding hydrogens is 290 g/mol. The smallest absolute Gasteiger partial charge is 0.388 e. The molecule has 1 aliphatic rings. The van der Waals surface area contributed by atoms with E-state index in [0.717, 1.165) is 18.4 Å². The highest BCUT2D eigenvalue weighted by Crippen LogP contribution is 2.17. The fourth-order valence-corrected chi connectivity index (χ4v) is 2.56. The molecule has 1 saturated carbocycles. The highest BCUT2D eigenvalue weighted by Gasteiger charge is 2.12. The third kappa shape index (κ3) is 5.83. The number of aliphatic imine (C=N–C) groups is 1. The van der Waals surface area contributed by atoms with Crippen LogP contribution in [0.5, 0.6) is 5.88 Å². The van der Waals surface area contributed by atoms with Crippen LogP contribution in [0.15, 0.2) is 23.3 Å². The van der Waals surface area contributed by atoms with Crippen molar-refractivity contribution in [1.82, 2.24) is 10.3 Å². The first-order valence-electron chi connectivity index (χ1n) is 7.59. The predicted molar refractivity (Wildman–Crippen MR) is 80.8 cm³/mol. The maximum atomic E-state index is 12.1. The first kappa shape index (κ1) is 16.5. The summed E-state index contributed by atoms with van der Waals surface area (Å²) < 4.78 is 28.5. The van der Waals surface area contributed by atoms with E-state index >= 15 is 0 Å². The lowest BCUT2D eigenvalue weighted by Crippen LogP contribution is -2.39. The summed E-state index contributed by atoms with van der Waals surface area (Å²) in [6, 6.07) is 3.51. The van der Waals surface area contributed by atoms with Crippen LogP contribution < -0.4 is 15.8 Å². The second kappa shape index (κ2) is 8.51. The first-order chi connectivity index (χ1) is 10.6. The summed E-state index contributed by atoms with van der Waals surface area (Å²) in [4.78, 5) is 7.96. The van der Waals surface area contributed by atoms with Gasteiger partial charge in [0.2, 0.25) is 5.88 Å². The quantitative estimate of drug-likeness (QED) is 0.498. The van der Waals surface area contributed by atoms with Crippen molar-refractivity contribution < 1.29 is 13.5 Å². The molecule has 1 heterocycles. The zero-order valence-corrected chi connectivity index (χ0v) is 12.5. The van der Waals surface area contributed by atoms with Crippen LogP contribution >= 0.6 is 0 Å². The summed E-state index contributed by atoms with van der Waals surface area (Å²) in [5, 5.41) is 3.24. The molecule has 0 atom stereocenters. The van der Waals surface area contributed by atoms with E-state index in [1.807, 2.05) is 0 Å². The maximum absolute atomic E-state index is 12.1. The fraction of sp³-hybridized carbons (Fsp3) is 0.600. The van der Waals surface area contributed by atoms with Gasteiger partial charge in [-0.3, -0.25) is 0 Å². The summed E-state index contributed by atoms with van der Waals surface area (Å²) >= 11 is 0. The van der Waals surface area contributed by atoms with Crippen LogP contribution in [0.3, 0.4) is 0 Å². The van der Waals surface area contributed by atoms with Crippen molar-refractivity contribution in [3.63, 3.8) is 0 Å². The molecule has 3 N–H and O–H groups in total. The van der Waals surface area contributed by atoms with Gasteiger partial charge in [0.1, 0.15) is 0 Å². The number of guanidine groups is 1. The number of hydrogen-bond acceptors (Lipinski definition) is 3. The zero-order valence-electron chi connectivity index (χ0n) is 12.5. The Kier molecular flexibility index (Phi) is 6.36. The van der Waals surface area contributed by atoms with Crippen LogP contribution in [-0.4, -0.2) is 23.6 Å². The highest BCUT2D eigenvalue weighted by atomic mass is 19.3. The molecule has 0 amide bonds. The van der Waals surface area contributed by atoms with Crippen molar-refractivity contribution in [2.75, 3.05) is 0 Å². The second-order valence-corrected chi connectivity index (χ2v) is 5.42. The molecule has 0 radical (unpaired) electrons. The number of nitrogens with zero attached hydrogens (tertiary/aromatic N) is 2. The van der Waals surface area contributed by atoms with Gasteiger partial charge in [-0.15, -0.1) is 0 Å². The molecule has 0 spiro atoms. The molecular formula is C15H22F2N4O. The van der Waals surface area contributed by atoms with E-state index in [0.29, 0.717) is 18.5 Å². The molecule has 7 heteroatoms. The molecule has 0 aliphatic heterocycles. The van der Waals surface area contributed by atoms with Crippen LogP contribution in [0.4, 0.5) is 8.78 Å². The Bertz CT molecular complexity index is 488. The number of hydrogen-bond donors (Lipinski definition) is 2. The molecule has 122 valence electrons. The van der Waals surface area contributed by atoms with Gasteiger partial charge >= 0.3 is 6.61 Å². The van der Waals surface area contributed by atoms with E-state index in [2.05, 4.69) is 20.0 Å². The first-order valence-corrected chi connectivity index (χ1v) is 7.59. The summed E-state index contributed by atoms with van der Waals surface area (Å²) in [7, 11) is 0. The monoisotopic (exact) mass is 312 g/mol. The highest BCUT2D eigenvalue weighted by molar-refractivity contribution is 5.78. The minimum Gasteiger partial charge on any atom is -0.417 e. The standard InChI is InChI=1S/C15H22F2N4O/c16-14(17)22-13-9-11(7-8-19-13)10-20-15(18)21-12-5-3-1-2-4-6-12/h7-9,12,14H,1-6,10H2,(H3,18,20,21). The molecule has 1 fully saturated rings. The van der Waals surface area contributed by atoms with Crippen LogP contribution in [0.25, 0.3) is 0 Å². The number of aromatic nitrogens is 1. The van der Waals surface area contributed by atoms with Gasteiger partial charge in [0, 0.05) is 18.3 Å². The molecule has 1 aliphatic carbocycles. The molecule has 0 bridgehead atoms. The Hall–Kier alpha value is -1.92. The van der Waals surface area contributed by atoms with Gasteiger partial charge < -0.3 is 15.8 Å². The third-order valence-corrected chi connectivity index (χ3v) is 3.65. The number of pyridine rings is 1. The Morgan fingerprint density at radius 1 is 1.36 bits per heavy atom. The number of nitrogens with one attached hydrogen (secondary N) is 1. The molecule has 0 unspecified atom stereocenters. The van der Waals surface area contributed by atoms with Crippen molar-refractivity contribution in [2.45, 2.75) is 57.7 Å². The van der Waals surface area contributed by atoms with Crippen LogP contribution in [0, 0.1) is 0 Å². The number of ether oxygens (including phenoxy) is 1. The maximum Gasteiger partial charge on any atom is 0.388 e. The lowest BCUT2D eigenvalue weighted by atomic mass is 10.1. The normalized spacial score (nSPS) is 17.3. The van der Waals surface area contributed by atoms with E-state index in [-0.39, 0.29) is 5.88 Å². The van der Waals surface area contributed by atoms with Gasteiger partial charge in [0.05, 0.1) is 6.54 Å². The number of nitrogens with two attached hydrogens (primary N) is 1. The molecule has 0 aromatic carbocycles. The predicted octanol–water partition coefficient (Wildman–Crippen LogP) is 2.81. The van der Waals surface area contributed by atoms with Gasteiger partial charge in [-0.1, -0.05) is 25.7 Å². The molecule has 0 saturated heterocycles. The minimum absolute atomic E-state index is 0.113. The van der Waals surface area contributed by atoms with Crippen molar-refractivity contribution in [3.8, 4) is 5.88 Å². The summed E-state index contributed by atoms with van der Waals surface area (Å²) in [6.07, 6.45) is 8.61. The second-order valence-electron chi connectivity index (χ2n) is 5.42. The lowest BCUT2D eigenvalue weighted by Gasteiger charge is -2.16. The van der Waals surface area contributed by atoms with Crippen LogP contribution in [0.1, 0.15) is 44.1 Å². The van der Waals surface area contributed by atoms with E-state index < -0.39 is 6.61 Å². The number of alkyl halides is 2. The van der Waals surface area contributed by atoms with Crippen molar-refractivity contribution in [2.24, 2.45) is 10.7 Å². The Morgan fingerprint density at radius 2 is 2.09 bits per heavy atom. The number of rotatable bonds is 5. The fourth-order valence-electron chi connectivity index (χ4n) is 2.56. The molecule has 5 nitrogen and oxygen atoms in total. The molecule has 22 heavy (non-hydrogen) atoms. The average Bonchev–Trinajstić information content (AvgIpc) is 2.73. The van der Waals surface area contributed by atoms with E-state index in [9.17, 15) is 8.78 Å². The lowest BCUT2D eigenvalue weighted by molar-refractivity contribution is -0.0528. The van der Waals surface area contributed by atoms with E-state index in [1.54, 1.807) is 6.07 Å². The van der Waals surface area contributed by atoms with Gasteiger partial charge in [-0.25, -0.2) is 9.98 Å². The zero-order chi connectivity index (χ0) is 15.8. The van der Waals surface area contributed by atoms with Crippen molar-refractivity contribution in [1.29, 1.82) is 0 Å². The summed E-state index contributed by atoms with van der Waals surface area (Å²) in [5.41, 5.74) is 6.61.